The van der Waals surface area contributed by atoms with E-state index in [1.165, 1.54) is 0 Å². The minimum Gasteiger partial charge on any atom is -0.396 e. The van der Waals surface area contributed by atoms with Crippen molar-refractivity contribution in [1.29, 1.82) is 0 Å². The molecule has 0 spiro atoms. The van der Waals surface area contributed by atoms with E-state index in [0.717, 1.165) is 6.42 Å². The highest BCUT2D eigenvalue weighted by atomic mass is 16.5. The summed E-state index contributed by atoms with van der Waals surface area (Å²) < 4.78 is 4.90. The lowest BCUT2D eigenvalue weighted by atomic mass is 9.94. The summed E-state index contributed by atoms with van der Waals surface area (Å²) in [6.07, 6.45) is 0.817. The fourth-order valence-electron chi connectivity index (χ4n) is 1.16. The van der Waals surface area contributed by atoms with Gasteiger partial charge in [0.25, 0.3) is 0 Å². The predicted octanol–water partition coefficient (Wildman–Crippen LogP) is 0.136. The zero-order valence-corrected chi connectivity index (χ0v) is 11.4. The van der Waals surface area contributed by atoms with Crippen LogP contribution in [0.1, 0.15) is 27.2 Å². The molecule has 0 saturated carbocycles. The second kappa shape index (κ2) is 8.44. The maximum absolute atomic E-state index is 11.6. The summed E-state index contributed by atoms with van der Waals surface area (Å²) in [4.78, 5) is 11.6. The molecule has 0 bridgehead atoms. The Morgan fingerprint density at radius 2 is 2.12 bits per heavy atom. The van der Waals surface area contributed by atoms with Crippen LogP contribution in [0.5, 0.6) is 0 Å². The first-order chi connectivity index (χ1) is 7.93. The van der Waals surface area contributed by atoms with Crippen LogP contribution >= 0.6 is 0 Å². The Morgan fingerprint density at radius 1 is 1.47 bits per heavy atom. The van der Waals surface area contributed by atoms with Crippen LogP contribution in [0.2, 0.25) is 0 Å². The van der Waals surface area contributed by atoms with Gasteiger partial charge in [0.05, 0.1) is 6.04 Å². The number of ether oxygens (including phenoxy) is 1. The number of amides is 1. The average Bonchev–Trinajstić information content (AvgIpc) is 2.31. The molecule has 0 aliphatic heterocycles. The molecule has 1 atom stereocenters. The summed E-state index contributed by atoms with van der Waals surface area (Å²) in [6, 6.07) is -0.247. The molecule has 3 N–H and O–H groups in total. The van der Waals surface area contributed by atoms with Crippen LogP contribution in [0.3, 0.4) is 0 Å². The molecule has 0 radical (unpaired) electrons. The van der Waals surface area contributed by atoms with Crippen molar-refractivity contribution in [3.05, 3.63) is 0 Å². The Bertz CT molecular complexity index is 220. The van der Waals surface area contributed by atoms with Crippen LogP contribution in [0.4, 0.5) is 0 Å². The predicted molar refractivity (Wildman–Crippen MR) is 67.8 cm³/mol. The van der Waals surface area contributed by atoms with Crippen LogP contribution in [0.25, 0.3) is 0 Å². The molecule has 0 aliphatic carbocycles. The van der Waals surface area contributed by atoms with Crippen LogP contribution in [0.15, 0.2) is 0 Å². The van der Waals surface area contributed by atoms with Crippen molar-refractivity contribution in [3.63, 3.8) is 0 Å². The summed E-state index contributed by atoms with van der Waals surface area (Å²) in [5, 5.41) is 15.0. The van der Waals surface area contributed by atoms with E-state index in [4.69, 9.17) is 9.84 Å². The highest BCUT2D eigenvalue weighted by Gasteiger charge is 2.19. The molecule has 5 nitrogen and oxygen atoms in total. The van der Waals surface area contributed by atoms with Crippen molar-refractivity contribution < 1.29 is 14.6 Å². The summed E-state index contributed by atoms with van der Waals surface area (Å²) in [5.74, 6) is -0.0187. The van der Waals surface area contributed by atoms with Crippen LogP contribution < -0.4 is 10.6 Å². The summed E-state index contributed by atoms with van der Waals surface area (Å²) >= 11 is 0. The van der Waals surface area contributed by atoms with Gasteiger partial charge in [0, 0.05) is 38.8 Å². The number of carbonyl (C=O) groups excluding carboxylic acids is 1. The van der Waals surface area contributed by atoms with E-state index in [9.17, 15) is 4.79 Å². The van der Waals surface area contributed by atoms with E-state index in [-0.39, 0.29) is 24.0 Å². The molecule has 0 rings (SSSR count). The first-order valence-electron chi connectivity index (χ1n) is 6.04. The molecule has 0 saturated heterocycles. The maximum atomic E-state index is 11.6. The maximum Gasteiger partial charge on any atom is 0.236 e. The van der Waals surface area contributed by atoms with Gasteiger partial charge in [-0.2, -0.15) is 0 Å². The van der Waals surface area contributed by atoms with Gasteiger partial charge in [-0.05, 0) is 13.3 Å². The first-order valence-corrected chi connectivity index (χ1v) is 6.04. The average molecular weight is 246 g/mol. The Balaban J connectivity index is 3.74. The fourth-order valence-corrected chi connectivity index (χ4v) is 1.16. The fraction of sp³-hybridized carbons (Fsp3) is 0.917. The molecule has 0 aromatic carbocycles. The van der Waals surface area contributed by atoms with Gasteiger partial charge >= 0.3 is 0 Å². The molecule has 0 fully saturated rings. The van der Waals surface area contributed by atoms with Gasteiger partial charge in [-0.3, -0.25) is 4.79 Å². The molecule has 1 unspecified atom stereocenters. The van der Waals surface area contributed by atoms with Crippen LogP contribution in [0, 0.1) is 5.41 Å². The van der Waals surface area contributed by atoms with E-state index < -0.39 is 0 Å². The minimum atomic E-state index is -0.247. The lowest BCUT2D eigenvalue weighted by Crippen LogP contribution is -2.46. The Labute approximate surface area is 104 Å². The van der Waals surface area contributed by atoms with Crippen LogP contribution in [-0.2, 0) is 9.53 Å². The van der Waals surface area contributed by atoms with Gasteiger partial charge in [0.2, 0.25) is 5.91 Å². The van der Waals surface area contributed by atoms with Gasteiger partial charge in [-0.25, -0.2) is 0 Å². The van der Waals surface area contributed by atoms with Gasteiger partial charge in [-0.15, -0.1) is 0 Å². The highest BCUT2D eigenvalue weighted by molar-refractivity contribution is 5.81. The number of methoxy groups -OCH3 is 1. The molecule has 0 heterocycles. The SMILES string of the molecule is COCCCNC(=O)C(C)NCC(C)(C)CO. The highest BCUT2D eigenvalue weighted by Crippen LogP contribution is 2.11. The number of hydrogen-bond donors (Lipinski definition) is 3. The summed E-state index contributed by atoms with van der Waals surface area (Å²) in [5.41, 5.74) is -0.204. The lowest BCUT2D eigenvalue weighted by Gasteiger charge is -2.24. The topological polar surface area (TPSA) is 70.6 Å². The Morgan fingerprint density at radius 3 is 2.65 bits per heavy atom. The van der Waals surface area contributed by atoms with E-state index >= 15 is 0 Å². The molecule has 0 aliphatic rings. The quantitative estimate of drug-likeness (QED) is 0.506. The smallest absolute Gasteiger partial charge is 0.236 e. The summed E-state index contributed by atoms with van der Waals surface area (Å²) in [7, 11) is 1.64. The number of rotatable bonds is 9. The Hall–Kier alpha value is -0.650. The third kappa shape index (κ3) is 8.12. The van der Waals surface area contributed by atoms with Crippen molar-refractivity contribution in [3.8, 4) is 0 Å². The second-order valence-electron chi connectivity index (χ2n) is 5.06. The lowest BCUT2D eigenvalue weighted by molar-refractivity contribution is -0.122. The monoisotopic (exact) mass is 246 g/mol. The zero-order valence-electron chi connectivity index (χ0n) is 11.4. The van der Waals surface area contributed by atoms with E-state index in [2.05, 4.69) is 10.6 Å². The third-order valence-corrected chi connectivity index (χ3v) is 2.53. The molecule has 17 heavy (non-hydrogen) atoms. The molecule has 1 amide bonds. The van der Waals surface area contributed by atoms with E-state index in [1.807, 2.05) is 20.8 Å². The van der Waals surface area contributed by atoms with Gasteiger partial charge < -0.3 is 20.5 Å². The third-order valence-electron chi connectivity index (χ3n) is 2.53. The zero-order chi connectivity index (χ0) is 13.3. The molecule has 5 heteroatoms. The van der Waals surface area contributed by atoms with Crippen LogP contribution in [-0.4, -0.2) is 50.5 Å². The molecule has 0 aromatic rings. The van der Waals surface area contributed by atoms with Crippen molar-refractivity contribution in [2.24, 2.45) is 5.41 Å². The number of aliphatic hydroxyl groups excluding tert-OH is 1. The normalized spacial score (nSPS) is 13.5. The number of nitrogens with one attached hydrogen (secondary N) is 2. The van der Waals surface area contributed by atoms with E-state index in [0.29, 0.717) is 19.7 Å². The van der Waals surface area contributed by atoms with Crippen molar-refractivity contribution >= 4 is 5.91 Å². The van der Waals surface area contributed by atoms with E-state index in [1.54, 1.807) is 7.11 Å². The number of aliphatic hydroxyl groups is 1. The standard InChI is InChI=1S/C12H26N2O3/c1-10(14-8-12(2,3)9-15)11(16)13-6-5-7-17-4/h10,14-15H,5-9H2,1-4H3,(H,13,16). The second-order valence-corrected chi connectivity index (χ2v) is 5.06. The van der Waals surface area contributed by atoms with Crippen molar-refractivity contribution in [2.45, 2.75) is 33.2 Å². The largest absolute Gasteiger partial charge is 0.396 e. The molecule has 102 valence electrons. The molecular weight excluding hydrogens is 220 g/mol. The number of carbonyl (C=O) groups is 1. The van der Waals surface area contributed by atoms with Gasteiger partial charge in [0.1, 0.15) is 0 Å². The van der Waals surface area contributed by atoms with Gasteiger partial charge in [0.15, 0.2) is 0 Å². The van der Waals surface area contributed by atoms with Crippen molar-refractivity contribution in [2.75, 3.05) is 33.4 Å². The van der Waals surface area contributed by atoms with Crippen molar-refractivity contribution in [1.82, 2.24) is 10.6 Å². The first kappa shape index (κ1) is 16.4. The van der Waals surface area contributed by atoms with Gasteiger partial charge in [-0.1, -0.05) is 13.8 Å². The minimum absolute atomic E-state index is 0.0187. The number of hydrogen-bond acceptors (Lipinski definition) is 4. The molecular formula is C12H26N2O3. The summed E-state index contributed by atoms with van der Waals surface area (Å²) in [6.45, 7) is 7.70. The Kier molecular flexibility index (Phi) is 8.12. The molecule has 0 aromatic heterocycles.